The van der Waals surface area contributed by atoms with Crippen LogP contribution in [-0.2, 0) is 16.0 Å². The number of hydrogen-bond acceptors (Lipinski definition) is 5. The summed E-state index contributed by atoms with van der Waals surface area (Å²) in [4.78, 5) is 11.1. The first-order valence-electron chi connectivity index (χ1n) is 5.42. The zero-order valence-electron chi connectivity index (χ0n) is 11.2. The Hall–Kier alpha value is -0.675. The number of rotatable bonds is 4. The van der Waals surface area contributed by atoms with Gasteiger partial charge in [-0.1, -0.05) is 0 Å². The number of hydrogen-bond donors (Lipinski definition) is 8. The molecule has 0 heterocycles. The third kappa shape index (κ3) is 4.66. The van der Waals surface area contributed by atoms with Crippen molar-refractivity contribution in [3.05, 3.63) is 6.07 Å². The Morgan fingerprint density at radius 3 is 1.65 bits per heavy atom. The molecule has 0 aliphatic carbocycles. The van der Waals surface area contributed by atoms with Crippen molar-refractivity contribution in [1.82, 2.24) is 0 Å². The van der Waals surface area contributed by atoms with E-state index >= 15 is 0 Å². The molecule has 0 atom stereocenters. The molecule has 130 valence electrons. The zero-order chi connectivity index (χ0) is 18.4. The van der Waals surface area contributed by atoms with Gasteiger partial charge in [0, 0.05) is 0 Å². The normalized spacial score (nSPS) is 13.0. The van der Waals surface area contributed by atoms with E-state index in [1.165, 1.54) is 0 Å². The van der Waals surface area contributed by atoms with Crippen molar-refractivity contribution in [3.63, 3.8) is 0 Å². The van der Waals surface area contributed by atoms with Crippen LogP contribution in [0.5, 0.6) is 5.75 Å². The van der Waals surface area contributed by atoms with Crippen molar-refractivity contribution in [1.29, 1.82) is 0 Å². The van der Waals surface area contributed by atoms with E-state index in [1.807, 2.05) is 0 Å². The van der Waals surface area contributed by atoms with Gasteiger partial charge in [-0.15, -0.1) is 0 Å². The van der Waals surface area contributed by atoms with Gasteiger partial charge in [-0.05, 0) is 0 Å². The van der Waals surface area contributed by atoms with Crippen LogP contribution in [0.25, 0.3) is 0 Å². The van der Waals surface area contributed by atoms with Gasteiger partial charge >= 0.3 is 137 Å². The molecule has 0 saturated heterocycles. The zero-order valence-corrected chi connectivity index (χ0v) is 16.8. The molecule has 1 rings (SSSR count). The van der Waals surface area contributed by atoms with Gasteiger partial charge in [0.2, 0.25) is 0 Å². The minimum absolute atomic E-state index is 0.274. The van der Waals surface area contributed by atoms with E-state index in [9.17, 15) is 45.7 Å². The monoisotopic (exact) mass is 523 g/mol. The van der Waals surface area contributed by atoms with Gasteiger partial charge in [0.1, 0.15) is 0 Å². The molecule has 0 radical (unpaired) electrons. The third-order valence-corrected chi connectivity index (χ3v) is 10.5. The number of aromatic hydroxyl groups is 1. The molecule has 23 heavy (non-hydrogen) atoms. The average molecular weight is 523 g/mol. The standard InChI is InChI=1S/C8H12As3NO11/c1-3(13)12-8-5(14)2-4(9(15,16)17)6(10(18,19)20)7(8)11(21,22)23/h2,14H,1H3,(H,12,13)(H2,15,16,17)(H2,18,19,20)(H2,21,22,23). The Balaban J connectivity index is 4.16. The molecule has 0 spiro atoms. The Bertz CT molecular complexity index is 800. The molecule has 12 nitrogen and oxygen atoms in total. The molecule has 0 unspecified atom stereocenters. The van der Waals surface area contributed by atoms with Crippen molar-refractivity contribution in [2.45, 2.75) is 6.92 Å². The third-order valence-electron chi connectivity index (χ3n) is 2.43. The van der Waals surface area contributed by atoms with Crippen LogP contribution in [0.15, 0.2) is 6.07 Å². The van der Waals surface area contributed by atoms with Gasteiger partial charge in [0.25, 0.3) is 0 Å². The second-order valence-corrected chi connectivity index (χ2v) is 14.0. The molecule has 0 bridgehead atoms. The van der Waals surface area contributed by atoms with Gasteiger partial charge < -0.3 is 0 Å². The summed E-state index contributed by atoms with van der Waals surface area (Å²) in [6, 6.07) is 0.274. The maximum atomic E-state index is 11.6. The van der Waals surface area contributed by atoms with E-state index in [4.69, 9.17) is 0 Å². The summed E-state index contributed by atoms with van der Waals surface area (Å²) < 4.78 is 86.2. The summed E-state index contributed by atoms with van der Waals surface area (Å²) in [6.07, 6.45) is 0. The summed E-state index contributed by atoms with van der Waals surface area (Å²) >= 11 is -18.6. The first-order valence-corrected chi connectivity index (χ1v) is 15.6. The van der Waals surface area contributed by atoms with Crippen molar-refractivity contribution < 1.29 is 45.7 Å². The van der Waals surface area contributed by atoms with Crippen LogP contribution >= 0.6 is 0 Å². The molecule has 1 aromatic carbocycles. The Morgan fingerprint density at radius 2 is 1.35 bits per heavy atom. The number of phenols is 1. The topological polar surface area (TPSA) is 222 Å². The first-order chi connectivity index (χ1) is 10.1. The van der Waals surface area contributed by atoms with Crippen molar-refractivity contribution >= 4 is 67.2 Å². The van der Waals surface area contributed by atoms with E-state index in [2.05, 4.69) is 0 Å². The van der Waals surface area contributed by atoms with Crippen LogP contribution < -0.4 is 18.4 Å². The second kappa shape index (κ2) is 6.32. The fourth-order valence-electron chi connectivity index (χ4n) is 1.72. The molecule has 0 saturated carbocycles. The number of amides is 1. The summed E-state index contributed by atoms with van der Waals surface area (Å²) in [5.74, 6) is -2.09. The summed E-state index contributed by atoms with van der Waals surface area (Å²) in [7, 11) is 0. The number of carbonyl (C=O) groups is 1. The van der Waals surface area contributed by atoms with Gasteiger partial charge in [0.15, 0.2) is 0 Å². The van der Waals surface area contributed by atoms with Crippen LogP contribution in [0.2, 0.25) is 0 Å². The fraction of sp³-hybridized carbons (Fsp3) is 0.125. The van der Waals surface area contributed by atoms with E-state index in [-0.39, 0.29) is 6.07 Å². The quantitative estimate of drug-likeness (QED) is 0.137. The fourth-order valence-corrected chi connectivity index (χ4v) is 12.6. The number of carbonyl (C=O) groups excluding carboxylic acids is 1. The second-order valence-electron chi connectivity index (χ2n) is 4.30. The summed E-state index contributed by atoms with van der Waals surface area (Å²) in [5.41, 5.74) is -1.00. The molecule has 1 aromatic rings. The predicted molar refractivity (Wildman–Crippen MR) is 73.9 cm³/mol. The van der Waals surface area contributed by atoms with Crippen molar-refractivity contribution in [2.75, 3.05) is 5.32 Å². The van der Waals surface area contributed by atoms with E-state index in [0.717, 1.165) is 6.92 Å². The van der Waals surface area contributed by atoms with Crippen LogP contribution in [0, 0.1) is 0 Å². The number of nitrogens with one attached hydrogen (secondary N) is 1. The molecule has 0 fully saturated rings. The molecular weight excluding hydrogens is 511 g/mol. The predicted octanol–water partition coefficient (Wildman–Crippen LogP) is -5.97. The molecule has 1 amide bonds. The molecule has 0 aliphatic heterocycles. The van der Waals surface area contributed by atoms with Crippen LogP contribution in [0.4, 0.5) is 5.69 Å². The Labute approximate surface area is 136 Å². The minimum atomic E-state index is -6.29. The SMILES string of the molecule is CC(=O)Nc1c(O)cc([As](=O)(O)O)c([As](=O)(O)O)c1[As](=O)(O)O. The van der Waals surface area contributed by atoms with Crippen molar-refractivity contribution in [2.24, 2.45) is 0 Å². The maximum absolute atomic E-state index is 11.6. The Morgan fingerprint density at radius 1 is 0.913 bits per heavy atom. The molecule has 8 N–H and O–H groups in total. The molecular formula is C8H12As3NO11. The van der Waals surface area contributed by atoms with Gasteiger partial charge in [0.05, 0.1) is 0 Å². The molecule has 0 aliphatic rings. The average Bonchev–Trinajstić information content (AvgIpc) is 2.25. The van der Waals surface area contributed by atoms with Gasteiger partial charge in [-0.3, -0.25) is 0 Å². The van der Waals surface area contributed by atoms with Crippen LogP contribution in [0.3, 0.4) is 0 Å². The summed E-state index contributed by atoms with van der Waals surface area (Å²) in [6.45, 7) is 0.887. The van der Waals surface area contributed by atoms with Gasteiger partial charge in [-0.25, -0.2) is 0 Å². The Kier molecular flexibility index (Phi) is 5.60. The van der Waals surface area contributed by atoms with E-state index in [0.29, 0.717) is 0 Å². The van der Waals surface area contributed by atoms with E-state index in [1.54, 1.807) is 5.32 Å². The number of anilines is 1. The van der Waals surface area contributed by atoms with Gasteiger partial charge in [-0.2, -0.15) is 0 Å². The van der Waals surface area contributed by atoms with Crippen LogP contribution in [0.1, 0.15) is 6.92 Å². The number of benzene rings is 1. The summed E-state index contributed by atoms with van der Waals surface area (Å²) in [5, 5.41) is 11.5. The molecule has 0 aromatic heterocycles. The van der Waals surface area contributed by atoms with Crippen LogP contribution in [-0.4, -0.2) is 78.1 Å². The first kappa shape index (κ1) is 20.4. The molecule has 15 heteroatoms. The number of phenolic OH excluding ortho intramolecular Hbond substituents is 1. The van der Waals surface area contributed by atoms with E-state index < -0.39 is 72.9 Å². The van der Waals surface area contributed by atoms with Crippen molar-refractivity contribution in [3.8, 4) is 5.75 Å².